The molecular formula is C13H22N2O3S. The molecule has 0 radical (unpaired) electrons. The number of aliphatic hydroxyl groups is 1. The van der Waals surface area contributed by atoms with Crippen LogP contribution < -0.4 is 5.32 Å². The van der Waals surface area contributed by atoms with Crippen LogP contribution in [-0.2, 0) is 4.79 Å². The summed E-state index contributed by atoms with van der Waals surface area (Å²) in [6.45, 7) is 1.96. The number of hydrogen-bond donors (Lipinski definition) is 2. The van der Waals surface area contributed by atoms with E-state index in [-0.39, 0.29) is 23.2 Å². The lowest BCUT2D eigenvalue weighted by atomic mass is 9.87. The third-order valence-corrected chi connectivity index (χ3v) is 5.01. The average Bonchev–Trinajstić information content (AvgIpc) is 3.04. The summed E-state index contributed by atoms with van der Waals surface area (Å²) < 4.78 is 0. The first-order valence-electron chi connectivity index (χ1n) is 6.94. The van der Waals surface area contributed by atoms with Crippen molar-refractivity contribution < 1.29 is 14.7 Å². The number of aliphatic hydroxyl groups excluding tert-OH is 1. The normalized spacial score (nSPS) is 21.9. The maximum atomic E-state index is 11.8. The van der Waals surface area contributed by atoms with Crippen LogP contribution in [0.2, 0.25) is 0 Å². The topological polar surface area (TPSA) is 69.6 Å². The van der Waals surface area contributed by atoms with Gasteiger partial charge in [0.05, 0.1) is 6.61 Å². The zero-order valence-electron chi connectivity index (χ0n) is 11.2. The fourth-order valence-electron chi connectivity index (χ4n) is 2.76. The Labute approximate surface area is 118 Å². The van der Waals surface area contributed by atoms with Crippen molar-refractivity contribution in [1.82, 2.24) is 10.2 Å². The van der Waals surface area contributed by atoms with Crippen molar-refractivity contribution in [2.45, 2.75) is 32.1 Å². The molecule has 1 aliphatic heterocycles. The summed E-state index contributed by atoms with van der Waals surface area (Å²) in [5.74, 6) is 0.804. The van der Waals surface area contributed by atoms with E-state index in [1.54, 1.807) is 4.90 Å². The summed E-state index contributed by atoms with van der Waals surface area (Å²) >= 11 is 1.32. The molecule has 0 unspecified atom stereocenters. The van der Waals surface area contributed by atoms with E-state index < -0.39 is 0 Å². The predicted molar refractivity (Wildman–Crippen MR) is 75.0 cm³/mol. The molecule has 0 aromatic heterocycles. The largest absolute Gasteiger partial charge is 0.396 e. The van der Waals surface area contributed by atoms with E-state index in [1.165, 1.54) is 11.8 Å². The molecule has 5 nitrogen and oxygen atoms in total. The van der Waals surface area contributed by atoms with Crippen LogP contribution in [0.3, 0.4) is 0 Å². The number of thioether (sulfide) groups is 1. The molecule has 1 saturated carbocycles. The van der Waals surface area contributed by atoms with E-state index >= 15 is 0 Å². The molecule has 19 heavy (non-hydrogen) atoms. The van der Waals surface area contributed by atoms with Gasteiger partial charge in [0, 0.05) is 37.2 Å². The zero-order chi connectivity index (χ0) is 13.7. The Balaban J connectivity index is 1.68. The van der Waals surface area contributed by atoms with Gasteiger partial charge in [-0.2, -0.15) is 0 Å². The van der Waals surface area contributed by atoms with Crippen molar-refractivity contribution >= 4 is 22.9 Å². The van der Waals surface area contributed by atoms with Gasteiger partial charge in [-0.1, -0.05) is 24.6 Å². The first-order valence-corrected chi connectivity index (χ1v) is 7.93. The molecule has 108 valence electrons. The lowest BCUT2D eigenvalue weighted by molar-refractivity contribution is -0.121. The highest BCUT2D eigenvalue weighted by atomic mass is 32.2. The van der Waals surface area contributed by atoms with E-state index in [2.05, 4.69) is 5.32 Å². The molecular weight excluding hydrogens is 264 g/mol. The van der Waals surface area contributed by atoms with Gasteiger partial charge in [0.15, 0.2) is 0 Å². The van der Waals surface area contributed by atoms with Gasteiger partial charge in [0.2, 0.25) is 5.91 Å². The Morgan fingerprint density at radius 2 is 2.16 bits per heavy atom. The lowest BCUT2D eigenvalue weighted by Crippen LogP contribution is -2.39. The molecule has 0 aromatic rings. The minimum Gasteiger partial charge on any atom is -0.396 e. The average molecular weight is 286 g/mol. The monoisotopic (exact) mass is 286 g/mol. The molecule has 2 fully saturated rings. The summed E-state index contributed by atoms with van der Waals surface area (Å²) in [5.41, 5.74) is -0.102. The van der Waals surface area contributed by atoms with Crippen molar-refractivity contribution in [3.8, 4) is 0 Å². The first kappa shape index (κ1) is 14.7. The van der Waals surface area contributed by atoms with E-state index in [9.17, 15) is 14.7 Å². The highest BCUT2D eigenvalue weighted by Gasteiger charge is 2.33. The highest BCUT2D eigenvalue weighted by molar-refractivity contribution is 8.13. The van der Waals surface area contributed by atoms with Crippen molar-refractivity contribution in [1.29, 1.82) is 0 Å². The maximum absolute atomic E-state index is 11.8. The highest BCUT2D eigenvalue weighted by Crippen LogP contribution is 2.36. The number of hydrogen-bond acceptors (Lipinski definition) is 4. The third-order valence-electron chi connectivity index (χ3n) is 4.11. The number of rotatable bonds is 6. The Morgan fingerprint density at radius 3 is 2.74 bits per heavy atom. The van der Waals surface area contributed by atoms with Crippen molar-refractivity contribution in [3.05, 3.63) is 0 Å². The fraction of sp³-hybridized carbons (Fsp3) is 0.846. The number of nitrogens with zero attached hydrogens (tertiary/aromatic N) is 1. The van der Waals surface area contributed by atoms with Crippen LogP contribution in [0.15, 0.2) is 0 Å². The Hall–Kier alpha value is -0.750. The van der Waals surface area contributed by atoms with Gasteiger partial charge in [-0.25, -0.2) is 0 Å². The summed E-state index contributed by atoms with van der Waals surface area (Å²) in [6.07, 6.45) is 4.61. The summed E-state index contributed by atoms with van der Waals surface area (Å²) in [5, 5.41) is 12.5. The second-order valence-electron chi connectivity index (χ2n) is 5.49. The SMILES string of the molecule is O=C(CCN1CCSC1=O)NCC1(CO)CCCC1. The van der Waals surface area contributed by atoms with Crippen molar-refractivity contribution in [2.24, 2.45) is 5.41 Å². The van der Waals surface area contributed by atoms with Gasteiger partial charge in [-0.05, 0) is 12.8 Å². The molecule has 0 atom stereocenters. The van der Waals surface area contributed by atoms with Gasteiger partial charge in [0.25, 0.3) is 5.24 Å². The minimum absolute atomic E-state index is 0.0237. The summed E-state index contributed by atoms with van der Waals surface area (Å²) in [6, 6.07) is 0. The van der Waals surface area contributed by atoms with Crippen molar-refractivity contribution in [3.63, 3.8) is 0 Å². The maximum Gasteiger partial charge on any atom is 0.281 e. The van der Waals surface area contributed by atoms with E-state index in [0.717, 1.165) is 38.0 Å². The van der Waals surface area contributed by atoms with E-state index in [4.69, 9.17) is 0 Å². The van der Waals surface area contributed by atoms with Crippen LogP contribution >= 0.6 is 11.8 Å². The third kappa shape index (κ3) is 3.86. The van der Waals surface area contributed by atoms with Crippen LogP contribution in [-0.4, -0.2) is 53.1 Å². The molecule has 2 aliphatic rings. The Kier molecular flexibility index (Phi) is 5.10. The molecule has 2 N–H and O–H groups in total. The summed E-state index contributed by atoms with van der Waals surface area (Å²) in [7, 11) is 0. The molecule has 1 heterocycles. The quantitative estimate of drug-likeness (QED) is 0.770. The van der Waals surface area contributed by atoms with Gasteiger partial charge in [0.1, 0.15) is 0 Å². The van der Waals surface area contributed by atoms with Crippen LogP contribution in [0.5, 0.6) is 0 Å². The van der Waals surface area contributed by atoms with Crippen molar-refractivity contribution in [2.75, 3.05) is 32.0 Å². The molecule has 6 heteroatoms. The van der Waals surface area contributed by atoms with Crippen LogP contribution in [0, 0.1) is 5.41 Å². The van der Waals surface area contributed by atoms with Crippen LogP contribution in [0.25, 0.3) is 0 Å². The summed E-state index contributed by atoms with van der Waals surface area (Å²) in [4.78, 5) is 24.9. The lowest BCUT2D eigenvalue weighted by Gasteiger charge is -2.26. The predicted octanol–water partition coefficient (Wildman–Crippen LogP) is 1.21. The van der Waals surface area contributed by atoms with Gasteiger partial charge in [-0.3, -0.25) is 9.59 Å². The molecule has 2 rings (SSSR count). The fourth-order valence-corrected chi connectivity index (χ4v) is 3.61. The zero-order valence-corrected chi connectivity index (χ0v) is 12.0. The molecule has 1 saturated heterocycles. The number of carbonyl (C=O) groups excluding carboxylic acids is 2. The molecule has 0 bridgehead atoms. The first-order chi connectivity index (χ1) is 9.15. The minimum atomic E-state index is -0.102. The Morgan fingerprint density at radius 1 is 1.42 bits per heavy atom. The molecule has 1 aliphatic carbocycles. The van der Waals surface area contributed by atoms with Gasteiger partial charge in [-0.15, -0.1) is 0 Å². The van der Waals surface area contributed by atoms with E-state index in [0.29, 0.717) is 19.5 Å². The van der Waals surface area contributed by atoms with E-state index in [1.807, 2.05) is 0 Å². The number of nitrogens with one attached hydrogen (secondary N) is 1. The van der Waals surface area contributed by atoms with Crippen LogP contribution in [0.1, 0.15) is 32.1 Å². The number of carbonyl (C=O) groups is 2. The van der Waals surface area contributed by atoms with Gasteiger partial charge >= 0.3 is 0 Å². The van der Waals surface area contributed by atoms with Crippen LogP contribution in [0.4, 0.5) is 4.79 Å². The Bertz CT molecular complexity index is 343. The van der Waals surface area contributed by atoms with Gasteiger partial charge < -0.3 is 15.3 Å². The second kappa shape index (κ2) is 6.61. The smallest absolute Gasteiger partial charge is 0.281 e. The standard InChI is InChI=1S/C13H22N2O3S/c16-10-13(4-1-2-5-13)9-14-11(17)3-6-15-7-8-19-12(15)18/h16H,1-10H2,(H,14,17). The molecule has 0 aromatic carbocycles. The molecule has 0 spiro atoms. The molecule has 2 amide bonds. The second-order valence-corrected chi connectivity index (χ2v) is 6.54. The number of amides is 2.